The highest BCUT2D eigenvalue weighted by molar-refractivity contribution is 6.41. The molecule has 2 aliphatic heterocycles. The number of ether oxygens (including phenoxy) is 1. The van der Waals surface area contributed by atoms with Crippen LogP contribution in [0.4, 0.5) is 0 Å². The lowest BCUT2D eigenvalue weighted by Gasteiger charge is -2.54. The van der Waals surface area contributed by atoms with E-state index in [1.165, 1.54) is 71.3 Å². The third-order valence-electron chi connectivity index (χ3n) is 9.90. The van der Waals surface area contributed by atoms with Gasteiger partial charge in [-0.2, -0.15) is 0 Å². The maximum atomic E-state index is 14.1. The van der Waals surface area contributed by atoms with E-state index in [2.05, 4.69) is 15.0 Å². The van der Waals surface area contributed by atoms with Crippen molar-refractivity contribution in [1.29, 1.82) is 0 Å². The van der Waals surface area contributed by atoms with Gasteiger partial charge in [-0.15, -0.1) is 0 Å². The molecule has 0 amide bonds. The number of aromatic nitrogens is 2. The number of carbonyl (C=O) groups is 1. The lowest BCUT2D eigenvalue weighted by molar-refractivity contribution is -0.129. The van der Waals surface area contributed by atoms with Crippen molar-refractivity contribution in [3.05, 3.63) is 40.3 Å². The highest BCUT2D eigenvalue weighted by Gasteiger charge is 2.45. The first-order valence-corrected chi connectivity index (χ1v) is 15.2. The molecule has 216 valence electrons. The Kier molecular flexibility index (Phi) is 8.21. The fourth-order valence-electron chi connectivity index (χ4n) is 8.39. The second kappa shape index (κ2) is 12.0. The summed E-state index contributed by atoms with van der Waals surface area (Å²) >= 11 is 0. The van der Waals surface area contributed by atoms with Crippen LogP contribution in [0.5, 0.6) is 0 Å². The van der Waals surface area contributed by atoms with Gasteiger partial charge in [0.25, 0.3) is 5.56 Å². The van der Waals surface area contributed by atoms with E-state index < -0.39 is 17.2 Å². The van der Waals surface area contributed by atoms with Crippen molar-refractivity contribution in [3.63, 3.8) is 0 Å². The van der Waals surface area contributed by atoms with Crippen molar-refractivity contribution in [2.24, 2.45) is 17.0 Å². The molecule has 0 radical (unpaired) electrons. The van der Waals surface area contributed by atoms with Crippen LogP contribution < -0.4 is 5.56 Å². The Labute approximate surface area is 235 Å². The van der Waals surface area contributed by atoms with Crippen molar-refractivity contribution in [3.8, 4) is 0 Å². The van der Waals surface area contributed by atoms with Crippen molar-refractivity contribution >= 4 is 22.7 Å². The SMILES string of the molecule is COCCO/N=C(\C(=O)O)c1nc2ccccc2n(C2C[C@H]3CCC[C@@H](C2)N3C2CC3CCCCC(C3)C2)c1=O. The molecular weight excluding hydrogens is 508 g/mol. The zero-order chi connectivity index (χ0) is 27.6. The fraction of sp³-hybridized carbons (Fsp3) is 0.677. The summed E-state index contributed by atoms with van der Waals surface area (Å²) in [5.41, 5.74) is 0.291. The molecule has 9 nitrogen and oxygen atoms in total. The number of nitrogens with zero attached hydrogens (tertiary/aromatic N) is 4. The lowest BCUT2D eigenvalue weighted by atomic mass is 9.73. The minimum absolute atomic E-state index is 0.0129. The number of fused-ring (bicyclic) bond motifs is 5. The first-order chi connectivity index (χ1) is 19.5. The highest BCUT2D eigenvalue weighted by atomic mass is 16.6. The number of piperidine rings is 2. The van der Waals surface area contributed by atoms with Gasteiger partial charge in [-0.1, -0.05) is 49.4 Å². The first-order valence-electron chi connectivity index (χ1n) is 15.2. The number of methoxy groups -OCH3 is 1. The van der Waals surface area contributed by atoms with Gasteiger partial charge in [-0.05, 0) is 68.9 Å². The van der Waals surface area contributed by atoms with Crippen LogP contribution in [0.3, 0.4) is 0 Å². The molecule has 4 fully saturated rings. The van der Waals surface area contributed by atoms with E-state index in [1.54, 1.807) is 0 Å². The van der Waals surface area contributed by atoms with Crippen molar-refractivity contribution < 1.29 is 19.5 Å². The third-order valence-corrected chi connectivity index (χ3v) is 9.90. The van der Waals surface area contributed by atoms with Gasteiger partial charge in [-0.25, -0.2) is 9.78 Å². The summed E-state index contributed by atoms with van der Waals surface area (Å²) in [6, 6.07) is 9.09. The molecular formula is C31H42N4O5. The summed E-state index contributed by atoms with van der Waals surface area (Å²) in [5.74, 6) is 0.409. The summed E-state index contributed by atoms with van der Waals surface area (Å²) in [4.78, 5) is 38.8. The Morgan fingerprint density at radius 2 is 1.62 bits per heavy atom. The molecule has 4 bridgehead atoms. The average Bonchev–Trinajstić information content (AvgIpc) is 3.11. The van der Waals surface area contributed by atoms with Gasteiger partial charge in [0.1, 0.15) is 6.61 Å². The predicted molar refractivity (Wildman–Crippen MR) is 153 cm³/mol. The van der Waals surface area contributed by atoms with Crippen LogP contribution in [-0.4, -0.2) is 69.7 Å². The van der Waals surface area contributed by atoms with E-state index in [4.69, 9.17) is 9.57 Å². The first kappa shape index (κ1) is 27.4. The van der Waals surface area contributed by atoms with Crippen LogP contribution >= 0.6 is 0 Å². The third kappa shape index (κ3) is 5.42. The van der Waals surface area contributed by atoms with Gasteiger partial charge >= 0.3 is 5.97 Å². The molecule has 3 heterocycles. The number of rotatable bonds is 8. The normalized spacial score (nSPS) is 31.1. The number of hydrogen-bond acceptors (Lipinski definition) is 7. The molecule has 1 aromatic heterocycles. The minimum Gasteiger partial charge on any atom is -0.476 e. The molecule has 1 N–H and O–H groups in total. The van der Waals surface area contributed by atoms with E-state index in [9.17, 15) is 14.7 Å². The lowest BCUT2D eigenvalue weighted by Crippen LogP contribution is -2.58. The molecule has 5 atom stereocenters. The van der Waals surface area contributed by atoms with E-state index in [-0.39, 0.29) is 24.9 Å². The van der Waals surface area contributed by atoms with E-state index in [1.807, 2.05) is 28.8 Å². The zero-order valence-electron chi connectivity index (χ0n) is 23.5. The molecule has 2 aromatic rings. The van der Waals surface area contributed by atoms with Crippen LogP contribution in [0.2, 0.25) is 0 Å². The summed E-state index contributed by atoms with van der Waals surface area (Å²) in [7, 11) is 1.52. The highest BCUT2D eigenvalue weighted by Crippen LogP contribution is 2.47. The Bertz CT molecular complexity index is 1280. The largest absolute Gasteiger partial charge is 0.476 e. The molecule has 3 unspecified atom stereocenters. The Morgan fingerprint density at radius 3 is 2.30 bits per heavy atom. The topological polar surface area (TPSA) is 106 Å². The molecule has 40 heavy (non-hydrogen) atoms. The molecule has 0 spiro atoms. The second-order valence-corrected chi connectivity index (χ2v) is 12.4. The maximum absolute atomic E-state index is 14.1. The van der Waals surface area contributed by atoms with Crippen LogP contribution in [0.1, 0.15) is 88.8 Å². The number of aliphatic carboxylic acids is 1. The number of carboxylic acids is 1. The van der Waals surface area contributed by atoms with Crippen molar-refractivity contribution in [2.75, 3.05) is 20.3 Å². The number of oxime groups is 1. The van der Waals surface area contributed by atoms with Gasteiger partial charge in [0, 0.05) is 31.3 Å². The van der Waals surface area contributed by atoms with Gasteiger partial charge in [0.2, 0.25) is 5.71 Å². The summed E-state index contributed by atoms with van der Waals surface area (Å²) < 4.78 is 6.79. The molecule has 2 saturated carbocycles. The van der Waals surface area contributed by atoms with Crippen molar-refractivity contribution in [1.82, 2.24) is 14.5 Å². The van der Waals surface area contributed by atoms with E-state index >= 15 is 0 Å². The number of carboxylic acid groups (broad SMARTS) is 1. The Morgan fingerprint density at radius 1 is 0.925 bits per heavy atom. The van der Waals surface area contributed by atoms with Gasteiger partial charge in [0.15, 0.2) is 5.69 Å². The fourth-order valence-corrected chi connectivity index (χ4v) is 8.39. The number of hydrogen-bond donors (Lipinski definition) is 1. The molecule has 4 aliphatic rings. The second-order valence-electron chi connectivity index (χ2n) is 12.4. The smallest absolute Gasteiger partial charge is 0.360 e. The molecule has 2 saturated heterocycles. The summed E-state index contributed by atoms with van der Waals surface area (Å²) in [6.07, 6.45) is 15.0. The maximum Gasteiger partial charge on any atom is 0.360 e. The summed E-state index contributed by atoms with van der Waals surface area (Å²) in [6.45, 7) is 0.343. The number of benzene rings is 1. The van der Waals surface area contributed by atoms with E-state index in [0.29, 0.717) is 23.6 Å². The predicted octanol–water partition coefficient (Wildman–Crippen LogP) is 4.77. The standard InChI is InChI=1S/C31H42N4O5/c1-39-13-14-40-33-29(31(37)38)28-30(36)35(27-12-5-4-11-26(27)32-28)25-18-22-9-6-10-23(19-25)34(22)24-16-20-7-2-3-8-21(15-20)17-24/h4-5,11-12,20-25H,2-3,6-10,13-19H2,1H3,(H,37,38)/b33-29-/t20?,21?,22-,23+,24?,25?. The molecule has 2 aliphatic carbocycles. The monoisotopic (exact) mass is 550 g/mol. The number of para-hydroxylation sites is 2. The van der Waals surface area contributed by atoms with Gasteiger partial charge in [0.05, 0.1) is 17.6 Å². The zero-order valence-corrected chi connectivity index (χ0v) is 23.5. The van der Waals surface area contributed by atoms with E-state index in [0.717, 1.165) is 30.2 Å². The van der Waals surface area contributed by atoms with Crippen LogP contribution in [0.15, 0.2) is 34.2 Å². The molecule has 6 rings (SSSR count). The van der Waals surface area contributed by atoms with Gasteiger partial charge < -0.3 is 19.2 Å². The molecule has 9 heteroatoms. The Balaban J connectivity index is 1.33. The van der Waals surface area contributed by atoms with Crippen LogP contribution in [0, 0.1) is 11.8 Å². The Hall–Kier alpha value is -2.78. The van der Waals surface area contributed by atoms with Crippen molar-refractivity contribution in [2.45, 2.75) is 101 Å². The van der Waals surface area contributed by atoms with Crippen LogP contribution in [-0.2, 0) is 14.4 Å². The summed E-state index contributed by atoms with van der Waals surface area (Å²) in [5, 5.41) is 13.7. The average molecular weight is 551 g/mol. The van der Waals surface area contributed by atoms with Crippen LogP contribution in [0.25, 0.3) is 11.0 Å². The van der Waals surface area contributed by atoms with Gasteiger partial charge in [-0.3, -0.25) is 9.69 Å². The minimum atomic E-state index is -1.34. The molecule has 1 aromatic carbocycles. The quantitative estimate of drug-likeness (QED) is 0.287.